The number of rotatable bonds is 9. The fourth-order valence-corrected chi connectivity index (χ4v) is 1.73. The topological polar surface area (TPSA) is 55.4 Å². The van der Waals surface area contributed by atoms with Gasteiger partial charge in [-0.05, 0) is 19.9 Å². The van der Waals surface area contributed by atoms with Crippen LogP contribution >= 0.6 is 0 Å². The second-order valence-corrected chi connectivity index (χ2v) is 4.41. The standard InChI is InChI=1S/C13H25NO3/c1-5-6-7-10(2)12(15)9-8-11(14-3)13(16)17-4/h10-11,14H,5-9H2,1-4H3. The first-order chi connectivity index (χ1) is 8.06. The molecule has 0 spiro atoms. The van der Waals surface area contributed by atoms with E-state index < -0.39 is 0 Å². The van der Waals surface area contributed by atoms with Gasteiger partial charge in [-0.2, -0.15) is 0 Å². The predicted octanol–water partition coefficient (Wildman–Crippen LogP) is 1.92. The predicted molar refractivity (Wildman–Crippen MR) is 67.8 cm³/mol. The number of likely N-dealkylation sites (N-methyl/N-ethyl adjacent to an activating group) is 1. The summed E-state index contributed by atoms with van der Waals surface area (Å²) in [5, 5.41) is 2.86. The zero-order valence-corrected chi connectivity index (χ0v) is 11.4. The maximum atomic E-state index is 11.8. The third-order valence-corrected chi connectivity index (χ3v) is 3.05. The normalized spacial score (nSPS) is 14.1. The van der Waals surface area contributed by atoms with Crippen LogP contribution in [-0.2, 0) is 14.3 Å². The zero-order chi connectivity index (χ0) is 13.3. The van der Waals surface area contributed by atoms with Gasteiger partial charge in [0, 0.05) is 12.3 Å². The Labute approximate surface area is 104 Å². The van der Waals surface area contributed by atoms with Gasteiger partial charge in [0.15, 0.2) is 0 Å². The van der Waals surface area contributed by atoms with Crippen LogP contribution in [0.2, 0.25) is 0 Å². The first-order valence-electron chi connectivity index (χ1n) is 6.34. The largest absolute Gasteiger partial charge is 0.468 e. The summed E-state index contributed by atoms with van der Waals surface area (Å²) in [6.07, 6.45) is 4.08. The molecule has 0 aliphatic rings. The summed E-state index contributed by atoms with van der Waals surface area (Å²) in [6, 6.07) is -0.373. The van der Waals surface area contributed by atoms with Crippen molar-refractivity contribution in [3.63, 3.8) is 0 Å². The molecule has 0 saturated heterocycles. The highest BCUT2D eigenvalue weighted by Gasteiger charge is 2.20. The molecular formula is C13H25NO3. The van der Waals surface area contributed by atoms with E-state index in [1.807, 2.05) is 6.92 Å². The number of hydrogen-bond donors (Lipinski definition) is 1. The van der Waals surface area contributed by atoms with Crippen LogP contribution in [0.15, 0.2) is 0 Å². The highest BCUT2D eigenvalue weighted by Crippen LogP contribution is 2.13. The number of carbonyl (C=O) groups excluding carboxylic acids is 2. The smallest absolute Gasteiger partial charge is 0.322 e. The van der Waals surface area contributed by atoms with Crippen molar-refractivity contribution in [1.82, 2.24) is 5.32 Å². The summed E-state index contributed by atoms with van der Waals surface area (Å²) < 4.78 is 4.65. The number of unbranched alkanes of at least 4 members (excludes halogenated alkanes) is 1. The lowest BCUT2D eigenvalue weighted by Gasteiger charge is -2.14. The highest BCUT2D eigenvalue weighted by atomic mass is 16.5. The third-order valence-electron chi connectivity index (χ3n) is 3.05. The Kier molecular flexibility index (Phi) is 8.68. The van der Waals surface area contributed by atoms with E-state index >= 15 is 0 Å². The molecule has 0 rings (SSSR count). The van der Waals surface area contributed by atoms with Crippen LogP contribution < -0.4 is 5.32 Å². The van der Waals surface area contributed by atoms with E-state index in [4.69, 9.17) is 0 Å². The van der Waals surface area contributed by atoms with Crippen molar-refractivity contribution in [2.24, 2.45) is 5.92 Å². The SMILES string of the molecule is CCCCC(C)C(=O)CCC(NC)C(=O)OC. The Bertz CT molecular complexity index is 241. The van der Waals surface area contributed by atoms with Gasteiger partial charge in [0.1, 0.15) is 11.8 Å². The van der Waals surface area contributed by atoms with Gasteiger partial charge < -0.3 is 10.1 Å². The summed E-state index contributed by atoms with van der Waals surface area (Å²) in [7, 11) is 3.06. The van der Waals surface area contributed by atoms with Gasteiger partial charge in [0.25, 0.3) is 0 Å². The number of Topliss-reactive ketones (excluding diaryl/α,β-unsaturated/α-hetero) is 1. The lowest BCUT2D eigenvalue weighted by Crippen LogP contribution is -2.35. The molecule has 1 N–H and O–H groups in total. The van der Waals surface area contributed by atoms with Crippen molar-refractivity contribution in [2.75, 3.05) is 14.2 Å². The molecule has 4 nitrogen and oxygen atoms in total. The van der Waals surface area contributed by atoms with Crippen LogP contribution in [0.25, 0.3) is 0 Å². The van der Waals surface area contributed by atoms with Crippen LogP contribution in [0.5, 0.6) is 0 Å². The Balaban J connectivity index is 3.99. The quantitative estimate of drug-likeness (QED) is 0.629. The Hall–Kier alpha value is -0.900. The molecule has 2 atom stereocenters. The minimum atomic E-state index is -0.373. The molecule has 2 unspecified atom stereocenters. The Morgan fingerprint density at radius 2 is 1.94 bits per heavy atom. The minimum Gasteiger partial charge on any atom is -0.468 e. The van der Waals surface area contributed by atoms with E-state index in [-0.39, 0.29) is 23.7 Å². The van der Waals surface area contributed by atoms with Crippen LogP contribution in [0.4, 0.5) is 0 Å². The lowest BCUT2D eigenvalue weighted by molar-refractivity contribution is -0.143. The molecule has 0 saturated carbocycles. The molecule has 0 aromatic heterocycles. The molecule has 0 amide bonds. The second-order valence-electron chi connectivity index (χ2n) is 4.41. The lowest BCUT2D eigenvalue weighted by atomic mass is 9.95. The maximum Gasteiger partial charge on any atom is 0.322 e. The fraction of sp³-hybridized carbons (Fsp3) is 0.846. The molecule has 0 aliphatic carbocycles. The Morgan fingerprint density at radius 3 is 2.41 bits per heavy atom. The van der Waals surface area contributed by atoms with Gasteiger partial charge in [-0.1, -0.05) is 26.7 Å². The average Bonchev–Trinajstić information content (AvgIpc) is 2.35. The van der Waals surface area contributed by atoms with Crippen molar-refractivity contribution in [3.8, 4) is 0 Å². The summed E-state index contributed by atoms with van der Waals surface area (Å²) in [6.45, 7) is 4.08. The fourth-order valence-electron chi connectivity index (χ4n) is 1.73. The van der Waals surface area contributed by atoms with E-state index in [1.165, 1.54) is 7.11 Å². The van der Waals surface area contributed by atoms with Crippen LogP contribution in [0.1, 0.15) is 46.0 Å². The first kappa shape index (κ1) is 16.1. The molecule has 0 fully saturated rings. The number of ketones is 1. The molecule has 17 heavy (non-hydrogen) atoms. The van der Waals surface area contributed by atoms with Crippen molar-refractivity contribution in [2.45, 2.75) is 52.0 Å². The monoisotopic (exact) mass is 243 g/mol. The number of carbonyl (C=O) groups is 2. The summed E-state index contributed by atoms with van der Waals surface area (Å²) >= 11 is 0. The minimum absolute atomic E-state index is 0.102. The van der Waals surface area contributed by atoms with Crippen LogP contribution in [-0.4, -0.2) is 32.0 Å². The van der Waals surface area contributed by atoms with Crippen LogP contribution in [0, 0.1) is 5.92 Å². The van der Waals surface area contributed by atoms with E-state index in [1.54, 1.807) is 7.05 Å². The first-order valence-corrected chi connectivity index (χ1v) is 6.34. The molecule has 0 aliphatic heterocycles. The number of esters is 1. The second kappa shape index (κ2) is 9.16. The third kappa shape index (κ3) is 6.41. The van der Waals surface area contributed by atoms with Gasteiger partial charge in [0.05, 0.1) is 7.11 Å². The molecular weight excluding hydrogens is 218 g/mol. The van der Waals surface area contributed by atoms with Gasteiger partial charge in [-0.25, -0.2) is 0 Å². The average molecular weight is 243 g/mol. The molecule has 4 heteroatoms. The molecule has 0 bridgehead atoms. The molecule has 0 radical (unpaired) electrons. The van der Waals surface area contributed by atoms with Crippen molar-refractivity contribution in [1.29, 1.82) is 0 Å². The van der Waals surface area contributed by atoms with E-state index in [9.17, 15) is 9.59 Å². The highest BCUT2D eigenvalue weighted by molar-refractivity contribution is 5.82. The summed E-state index contributed by atoms with van der Waals surface area (Å²) in [4.78, 5) is 23.1. The van der Waals surface area contributed by atoms with Gasteiger partial charge in [0.2, 0.25) is 0 Å². The van der Waals surface area contributed by atoms with E-state index in [0.29, 0.717) is 12.8 Å². The van der Waals surface area contributed by atoms with Gasteiger partial charge in [-0.15, -0.1) is 0 Å². The number of hydrogen-bond acceptors (Lipinski definition) is 4. The van der Waals surface area contributed by atoms with Gasteiger partial charge in [-0.3, -0.25) is 9.59 Å². The number of ether oxygens (including phenoxy) is 1. The van der Waals surface area contributed by atoms with Crippen LogP contribution in [0.3, 0.4) is 0 Å². The van der Waals surface area contributed by atoms with Gasteiger partial charge >= 0.3 is 5.97 Å². The van der Waals surface area contributed by atoms with Crippen molar-refractivity contribution in [3.05, 3.63) is 0 Å². The van der Waals surface area contributed by atoms with E-state index in [2.05, 4.69) is 17.0 Å². The maximum absolute atomic E-state index is 11.8. The molecule has 0 aromatic carbocycles. The summed E-state index contributed by atoms with van der Waals surface area (Å²) in [5.41, 5.74) is 0. The molecule has 100 valence electrons. The molecule has 0 aromatic rings. The van der Waals surface area contributed by atoms with E-state index in [0.717, 1.165) is 19.3 Å². The zero-order valence-electron chi connectivity index (χ0n) is 11.4. The van der Waals surface area contributed by atoms with Crippen molar-refractivity contribution < 1.29 is 14.3 Å². The molecule has 0 heterocycles. The number of nitrogens with one attached hydrogen (secondary N) is 1. The number of methoxy groups -OCH3 is 1. The van der Waals surface area contributed by atoms with Crippen molar-refractivity contribution >= 4 is 11.8 Å². The summed E-state index contributed by atoms with van der Waals surface area (Å²) in [5.74, 6) is 0.0363. The Morgan fingerprint density at radius 1 is 1.29 bits per heavy atom.